The van der Waals surface area contributed by atoms with Crippen LogP contribution in [0.5, 0.6) is 0 Å². The Bertz CT molecular complexity index is 523. The molecule has 0 saturated heterocycles. The molecular weight excluding hydrogens is 324 g/mol. The Hall–Kier alpha value is -1.24. The summed E-state index contributed by atoms with van der Waals surface area (Å²) in [5.74, 6) is -0.737. The van der Waals surface area contributed by atoms with Gasteiger partial charge in [-0.1, -0.05) is 29.8 Å². The smallest absolute Gasteiger partial charge is 0.309 e. The second kappa shape index (κ2) is 9.02. The van der Waals surface area contributed by atoms with E-state index in [2.05, 4.69) is 10.6 Å². The molecule has 0 unspecified atom stereocenters. The summed E-state index contributed by atoms with van der Waals surface area (Å²) in [5.41, 5.74) is -0.293. The molecule has 1 aromatic rings. The van der Waals surface area contributed by atoms with Crippen molar-refractivity contribution in [2.75, 3.05) is 18.6 Å². The van der Waals surface area contributed by atoms with Gasteiger partial charge in [0.2, 0.25) is 0 Å². The van der Waals surface area contributed by atoms with Crippen LogP contribution in [0, 0.1) is 0 Å². The van der Waals surface area contributed by atoms with Crippen molar-refractivity contribution < 1.29 is 14.7 Å². The molecule has 0 aliphatic carbocycles. The van der Waals surface area contributed by atoms with Crippen LogP contribution in [0.2, 0.25) is 5.02 Å². The molecule has 0 aliphatic rings. The van der Waals surface area contributed by atoms with Crippen LogP contribution >= 0.6 is 23.4 Å². The Morgan fingerprint density at radius 1 is 1.27 bits per heavy atom. The Morgan fingerprint density at radius 2 is 1.91 bits per heavy atom. The lowest BCUT2D eigenvalue weighted by atomic mass is 10.0. The van der Waals surface area contributed by atoms with Gasteiger partial charge >= 0.3 is 11.8 Å². The molecule has 1 aromatic carbocycles. The molecule has 22 heavy (non-hydrogen) atoms. The first-order valence-corrected chi connectivity index (χ1v) is 8.63. The fraction of sp³-hybridized carbons (Fsp3) is 0.467. The van der Waals surface area contributed by atoms with Crippen molar-refractivity contribution in [2.24, 2.45) is 0 Å². The standard InChI is InChI=1S/C15H21ClN2O3S/c1-15(21,7-8-22-2)10-18-14(20)13(19)17-9-11-5-3-4-6-12(11)16/h3-6,21H,7-10H2,1-2H3,(H,17,19)(H,18,20)/t15-/m1/s1. The maximum Gasteiger partial charge on any atom is 0.309 e. The van der Waals surface area contributed by atoms with Gasteiger partial charge < -0.3 is 15.7 Å². The molecule has 0 radical (unpaired) electrons. The minimum Gasteiger partial charge on any atom is -0.388 e. The third kappa shape index (κ3) is 6.68. The minimum absolute atomic E-state index is 0.0336. The summed E-state index contributed by atoms with van der Waals surface area (Å²) >= 11 is 7.58. The zero-order chi connectivity index (χ0) is 16.6. The highest BCUT2D eigenvalue weighted by atomic mass is 35.5. The second-order valence-corrected chi connectivity index (χ2v) is 6.59. The summed E-state index contributed by atoms with van der Waals surface area (Å²) in [4.78, 5) is 23.4. The topological polar surface area (TPSA) is 78.4 Å². The number of hydrogen-bond donors (Lipinski definition) is 3. The monoisotopic (exact) mass is 344 g/mol. The number of nitrogens with one attached hydrogen (secondary N) is 2. The van der Waals surface area contributed by atoms with Gasteiger partial charge in [-0.25, -0.2) is 0 Å². The molecule has 5 nitrogen and oxygen atoms in total. The van der Waals surface area contributed by atoms with Crippen LogP contribution in [0.3, 0.4) is 0 Å². The van der Waals surface area contributed by atoms with Crippen molar-refractivity contribution in [3.05, 3.63) is 34.9 Å². The van der Waals surface area contributed by atoms with Crippen LogP contribution in [0.25, 0.3) is 0 Å². The molecule has 1 rings (SSSR count). The first kappa shape index (κ1) is 18.8. The predicted octanol–water partition coefficient (Wildman–Crippen LogP) is 1.58. The van der Waals surface area contributed by atoms with E-state index in [1.54, 1.807) is 43.0 Å². The van der Waals surface area contributed by atoms with Gasteiger partial charge in [-0.2, -0.15) is 11.8 Å². The normalized spacial score (nSPS) is 13.3. The number of rotatable bonds is 7. The molecule has 3 N–H and O–H groups in total. The summed E-state index contributed by atoms with van der Waals surface area (Å²) in [7, 11) is 0. The second-order valence-electron chi connectivity index (χ2n) is 5.20. The van der Waals surface area contributed by atoms with E-state index in [4.69, 9.17) is 11.6 Å². The summed E-state index contributed by atoms with van der Waals surface area (Å²) < 4.78 is 0. The Kier molecular flexibility index (Phi) is 7.72. The molecule has 0 saturated carbocycles. The van der Waals surface area contributed by atoms with E-state index in [0.29, 0.717) is 11.4 Å². The molecular formula is C15H21ClN2O3S. The highest BCUT2D eigenvalue weighted by Gasteiger charge is 2.22. The fourth-order valence-corrected chi connectivity index (χ4v) is 2.51. The lowest BCUT2D eigenvalue weighted by molar-refractivity contribution is -0.139. The largest absolute Gasteiger partial charge is 0.388 e. The lowest BCUT2D eigenvalue weighted by Gasteiger charge is -2.23. The third-order valence-electron chi connectivity index (χ3n) is 3.08. The molecule has 2 amide bonds. The van der Waals surface area contributed by atoms with Crippen LogP contribution < -0.4 is 10.6 Å². The minimum atomic E-state index is -1.03. The quantitative estimate of drug-likeness (QED) is 0.656. The van der Waals surface area contributed by atoms with Crippen molar-refractivity contribution in [2.45, 2.75) is 25.5 Å². The van der Waals surface area contributed by atoms with Crippen molar-refractivity contribution in [3.8, 4) is 0 Å². The van der Waals surface area contributed by atoms with Gasteiger partial charge in [0, 0.05) is 18.1 Å². The molecule has 0 spiro atoms. The number of aliphatic hydroxyl groups is 1. The van der Waals surface area contributed by atoms with Gasteiger partial charge in [0.05, 0.1) is 5.60 Å². The molecule has 122 valence electrons. The van der Waals surface area contributed by atoms with E-state index in [1.165, 1.54) is 0 Å². The molecule has 1 atom stereocenters. The van der Waals surface area contributed by atoms with Gasteiger partial charge in [0.25, 0.3) is 0 Å². The fourth-order valence-electron chi connectivity index (χ4n) is 1.66. The van der Waals surface area contributed by atoms with Gasteiger partial charge in [-0.15, -0.1) is 0 Å². The van der Waals surface area contributed by atoms with Crippen LogP contribution in [-0.2, 0) is 16.1 Å². The highest BCUT2D eigenvalue weighted by Crippen LogP contribution is 2.14. The van der Waals surface area contributed by atoms with E-state index >= 15 is 0 Å². The molecule has 0 aliphatic heterocycles. The van der Waals surface area contributed by atoms with Crippen molar-refractivity contribution >= 4 is 35.2 Å². The predicted molar refractivity (Wildman–Crippen MR) is 89.9 cm³/mol. The average molecular weight is 345 g/mol. The van der Waals surface area contributed by atoms with Gasteiger partial charge in [0.15, 0.2) is 0 Å². The van der Waals surface area contributed by atoms with Gasteiger partial charge in [0.1, 0.15) is 0 Å². The Balaban J connectivity index is 2.39. The first-order chi connectivity index (χ1) is 10.4. The SMILES string of the molecule is CSCC[C@@](C)(O)CNC(=O)C(=O)NCc1ccccc1Cl. The number of carbonyl (C=O) groups is 2. The van der Waals surface area contributed by atoms with Crippen molar-refractivity contribution in [3.63, 3.8) is 0 Å². The number of benzene rings is 1. The van der Waals surface area contributed by atoms with Crippen molar-refractivity contribution in [1.29, 1.82) is 0 Å². The Morgan fingerprint density at radius 3 is 2.55 bits per heavy atom. The van der Waals surface area contributed by atoms with Crippen LogP contribution in [-0.4, -0.2) is 41.1 Å². The number of amides is 2. The maximum absolute atomic E-state index is 11.7. The first-order valence-electron chi connectivity index (χ1n) is 6.86. The molecule has 7 heteroatoms. The zero-order valence-corrected chi connectivity index (χ0v) is 14.3. The lowest BCUT2D eigenvalue weighted by Crippen LogP contribution is -2.46. The number of thioether (sulfide) groups is 1. The van der Waals surface area contributed by atoms with Crippen molar-refractivity contribution in [1.82, 2.24) is 10.6 Å². The van der Waals surface area contributed by atoms with Gasteiger partial charge in [-0.05, 0) is 37.0 Å². The van der Waals surface area contributed by atoms with Crippen LogP contribution in [0.15, 0.2) is 24.3 Å². The number of hydrogen-bond acceptors (Lipinski definition) is 4. The summed E-state index contributed by atoms with van der Waals surface area (Å²) in [6.07, 6.45) is 2.48. The van der Waals surface area contributed by atoms with E-state index in [-0.39, 0.29) is 13.1 Å². The number of halogens is 1. The molecule has 0 fully saturated rings. The van der Waals surface area contributed by atoms with Crippen LogP contribution in [0.1, 0.15) is 18.9 Å². The van der Waals surface area contributed by atoms with E-state index in [0.717, 1.165) is 11.3 Å². The summed E-state index contributed by atoms with van der Waals surface area (Å²) in [5, 5.41) is 15.5. The van der Waals surface area contributed by atoms with Crippen LogP contribution in [0.4, 0.5) is 0 Å². The van der Waals surface area contributed by atoms with E-state index < -0.39 is 17.4 Å². The summed E-state index contributed by atoms with van der Waals surface area (Å²) in [6, 6.07) is 7.08. The third-order valence-corrected chi connectivity index (χ3v) is 4.06. The molecule has 0 bridgehead atoms. The Labute approximate surface area is 139 Å². The number of carbonyl (C=O) groups excluding carboxylic acids is 2. The maximum atomic E-state index is 11.7. The molecule has 0 heterocycles. The average Bonchev–Trinajstić information content (AvgIpc) is 2.49. The van der Waals surface area contributed by atoms with E-state index in [9.17, 15) is 14.7 Å². The van der Waals surface area contributed by atoms with Gasteiger partial charge in [-0.3, -0.25) is 9.59 Å². The molecule has 0 aromatic heterocycles. The summed E-state index contributed by atoms with van der Waals surface area (Å²) in [6.45, 7) is 1.84. The van der Waals surface area contributed by atoms with E-state index in [1.807, 2.05) is 6.26 Å². The highest BCUT2D eigenvalue weighted by molar-refractivity contribution is 7.98. The zero-order valence-electron chi connectivity index (χ0n) is 12.7.